The number of nitrogens with one attached hydrogen (secondary N) is 1. The summed E-state index contributed by atoms with van der Waals surface area (Å²) in [6.07, 6.45) is 7.38. The largest absolute Gasteiger partial charge is 0.493 e. The van der Waals surface area contributed by atoms with Gasteiger partial charge >= 0.3 is 0 Å². The molecule has 1 aliphatic heterocycles. The lowest BCUT2D eigenvalue weighted by Crippen LogP contribution is -2.25. The number of unbranched alkanes of at least 4 members (excludes halogenated alkanes) is 1. The van der Waals surface area contributed by atoms with E-state index < -0.39 is 0 Å². The van der Waals surface area contributed by atoms with Crippen LogP contribution >= 0.6 is 0 Å². The fraction of sp³-hybridized carbons (Fsp3) is 0.625. The van der Waals surface area contributed by atoms with Gasteiger partial charge in [0.15, 0.2) is 0 Å². The number of ether oxygens (including phenoxy) is 1. The van der Waals surface area contributed by atoms with Crippen molar-refractivity contribution in [3.05, 3.63) is 29.3 Å². The minimum Gasteiger partial charge on any atom is -0.493 e. The topological polar surface area (TPSA) is 21.3 Å². The molecule has 2 heteroatoms. The lowest BCUT2D eigenvalue weighted by molar-refractivity contribution is 0.357. The first-order valence-electron chi connectivity index (χ1n) is 7.25. The van der Waals surface area contributed by atoms with Crippen LogP contribution in [-0.2, 0) is 12.8 Å². The SMILES string of the molecule is CCCCC(CCc1ccc2c(c1)CCO2)NC. The van der Waals surface area contributed by atoms with Gasteiger partial charge in [-0.25, -0.2) is 0 Å². The van der Waals surface area contributed by atoms with Gasteiger partial charge in [-0.2, -0.15) is 0 Å². The Bertz CT molecular complexity index is 375. The second-order valence-corrected chi connectivity index (χ2v) is 5.21. The lowest BCUT2D eigenvalue weighted by Gasteiger charge is -2.15. The molecule has 18 heavy (non-hydrogen) atoms. The number of hydrogen-bond acceptors (Lipinski definition) is 2. The smallest absolute Gasteiger partial charge is 0.122 e. The van der Waals surface area contributed by atoms with Gasteiger partial charge in [0.1, 0.15) is 5.75 Å². The van der Waals surface area contributed by atoms with E-state index in [2.05, 4.69) is 37.5 Å². The molecule has 0 radical (unpaired) electrons. The first-order valence-corrected chi connectivity index (χ1v) is 7.25. The first-order chi connectivity index (χ1) is 8.83. The minimum absolute atomic E-state index is 0.662. The number of fused-ring (bicyclic) bond motifs is 1. The van der Waals surface area contributed by atoms with Crippen LogP contribution in [0.4, 0.5) is 0 Å². The van der Waals surface area contributed by atoms with Crippen molar-refractivity contribution in [3.63, 3.8) is 0 Å². The van der Waals surface area contributed by atoms with Gasteiger partial charge in [0.05, 0.1) is 6.61 Å². The van der Waals surface area contributed by atoms with Gasteiger partial charge in [0, 0.05) is 12.5 Å². The first kappa shape index (κ1) is 13.4. The second kappa shape index (κ2) is 6.79. The number of rotatable bonds is 7. The van der Waals surface area contributed by atoms with E-state index in [1.54, 1.807) is 0 Å². The molecule has 1 heterocycles. The Kier molecular flexibility index (Phi) is 5.06. The van der Waals surface area contributed by atoms with E-state index in [9.17, 15) is 0 Å². The molecule has 0 saturated heterocycles. The van der Waals surface area contributed by atoms with Crippen molar-refractivity contribution in [1.29, 1.82) is 0 Å². The maximum Gasteiger partial charge on any atom is 0.122 e. The summed E-state index contributed by atoms with van der Waals surface area (Å²) < 4.78 is 5.54. The molecule has 1 N–H and O–H groups in total. The van der Waals surface area contributed by atoms with Crippen LogP contribution in [0.3, 0.4) is 0 Å². The van der Waals surface area contributed by atoms with Crippen LogP contribution < -0.4 is 10.1 Å². The third-order valence-electron chi connectivity index (χ3n) is 3.85. The van der Waals surface area contributed by atoms with Gasteiger partial charge < -0.3 is 10.1 Å². The Labute approximate surface area is 111 Å². The normalized spacial score (nSPS) is 15.2. The molecular weight excluding hydrogens is 222 g/mol. The fourth-order valence-electron chi connectivity index (χ4n) is 2.62. The molecule has 100 valence electrons. The van der Waals surface area contributed by atoms with Crippen molar-refractivity contribution in [1.82, 2.24) is 5.32 Å². The van der Waals surface area contributed by atoms with Crippen LogP contribution in [0, 0.1) is 0 Å². The van der Waals surface area contributed by atoms with E-state index in [1.807, 2.05) is 0 Å². The minimum atomic E-state index is 0.662. The molecule has 0 aromatic heterocycles. The summed E-state index contributed by atoms with van der Waals surface area (Å²) in [5, 5.41) is 3.43. The summed E-state index contributed by atoms with van der Waals surface area (Å²) >= 11 is 0. The van der Waals surface area contributed by atoms with Crippen molar-refractivity contribution in [2.24, 2.45) is 0 Å². The van der Waals surface area contributed by atoms with Gasteiger partial charge in [-0.1, -0.05) is 31.9 Å². The van der Waals surface area contributed by atoms with Gasteiger partial charge in [-0.3, -0.25) is 0 Å². The molecule has 0 bridgehead atoms. The molecule has 0 fully saturated rings. The predicted octanol–water partition coefficient (Wildman–Crippen LogP) is 3.33. The summed E-state index contributed by atoms with van der Waals surface area (Å²) in [6.45, 7) is 3.11. The van der Waals surface area contributed by atoms with Crippen molar-refractivity contribution in [3.8, 4) is 5.75 Å². The van der Waals surface area contributed by atoms with E-state index in [0.29, 0.717) is 6.04 Å². The Morgan fingerprint density at radius 1 is 1.33 bits per heavy atom. The standard InChI is InChI=1S/C16H25NO/c1-3-4-5-15(17-2)8-6-13-7-9-16-14(12-13)10-11-18-16/h7,9,12,15,17H,3-6,8,10-11H2,1-2H3. The average molecular weight is 247 g/mol. The molecule has 1 unspecified atom stereocenters. The third-order valence-corrected chi connectivity index (χ3v) is 3.85. The summed E-state index contributed by atoms with van der Waals surface area (Å²) in [5.74, 6) is 1.09. The summed E-state index contributed by atoms with van der Waals surface area (Å²) in [4.78, 5) is 0. The van der Waals surface area contributed by atoms with Crippen molar-refractivity contribution < 1.29 is 4.74 Å². The highest BCUT2D eigenvalue weighted by atomic mass is 16.5. The highest BCUT2D eigenvalue weighted by Gasteiger charge is 2.12. The maximum atomic E-state index is 5.54. The number of benzene rings is 1. The quantitative estimate of drug-likeness (QED) is 0.798. The number of hydrogen-bond donors (Lipinski definition) is 1. The van der Waals surface area contributed by atoms with Gasteiger partial charge in [-0.05, 0) is 43.5 Å². The second-order valence-electron chi connectivity index (χ2n) is 5.21. The molecule has 0 amide bonds. The molecule has 2 nitrogen and oxygen atoms in total. The molecule has 0 aliphatic carbocycles. The Morgan fingerprint density at radius 2 is 2.22 bits per heavy atom. The molecule has 1 aliphatic rings. The third kappa shape index (κ3) is 3.49. The summed E-state index contributed by atoms with van der Waals surface area (Å²) in [7, 11) is 2.08. The molecular formula is C16H25NO. The molecule has 1 aromatic carbocycles. The van der Waals surface area contributed by atoms with E-state index in [-0.39, 0.29) is 0 Å². The van der Waals surface area contributed by atoms with Gasteiger partial charge in [0.2, 0.25) is 0 Å². The predicted molar refractivity (Wildman–Crippen MR) is 76.3 cm³/mol. The zero-order chi connectivity index (χ0) is 12.8. The highest BCUT2D eigenvalue weighted by Crippen LogP contribution is 2.26. The highest BCUT2D eigenvalue weighted by molar-refractivity contribution is 5.39. The van der Waals surface area contributed by atoms with E-state index in [1.165, 1.54) is 43.2 Å². The molecule has 0 saturated carbocycles. The Balaban J connectivity index is 1.85. The fourth-order valence-corrected chi connectivity index (χ4v) is 2.62. The maximum absolute atomic E-state index is 5.54. The van der Waals surface area contributed by atoms with Crippen LogP contribution in [-0.4, -0.2) is 19.7 Å². The Hall–Kier alpha value is -1.02. The average Bonchev–Trinajstić information content (AvgIpc) is 2.86. The van der Waals surface area contributed by atoms with Gasteiger partial charge in [-0.15, -0.1) is 0 Å². The van der Waals surface area contributed by atoms with Crippen LogP contribution in [0.25, 0.3) is 0 Å². The van der Waals surface area contributed by atoms with Crippen molar-refractivity contribution in [2.75, 3.05) is 13.7 Å². The monoisotopic (exact) mass is 247 g/mol. The van der Waals surface area contributed by atoms with Crippen LogP contribution in [0.2, 0.25) is 0 Å². The number of aryl methyl sites for hydroxylation is 1. The Morgan fingerprint density at radius 3 is 3.00 bits per heavy atom. The van der Waals surface area contributed by atoms with E-state index in [0.717, 1.165) is 18.8 Å². The molecule has 0 spiro atoms. The van der Waals surface area contributed by atoms with Gasteiger partial charge in [0.25, 0.3) is 0 Å². The molecule has 1 atom stereocenters. The van der Waals surface area contributed by atoms with Crippen molar-refractivity contribution >= 4 is 0 Å². The summed E-state index contributed by atoms with van der Waals surface area (Å²) in [5.41, 5.74) is 2.85. The van der Waals surface area contributed by atoms with E-state index >= 15 is 0 Å². The van der Waals surface area contributed by atoms with Crippen LogP contribution in [0.1, 0.15) is 43.7 Å². The van der Waals surface area contributed by atoms with Crippen molar-refractivity contribution in [2.45, 2.75) is 51.5 Å². The molecule has 1 aromatic rings. The van der Waals surface area contributed by atoms with Crippen LogP contribution in [0.15, 0.2) is 18.2 Å². The van der Waals surface area contributed by atoms with Crippen LogP contribution in [0.5, 0.6) is 5.75 Å². The van der Waals surface area contributed by atoms with E-state index in [4.69, 9.17) is 4.74 Å². The molecule has 2 rings (SSSR count). The lowest BCUT2D eigenvalue weighted by atomic mass is 9.99. The zero-order valence-electron chi connectivity index (χ0n) is 11.7. The zero-order valence-corrected chi connectivity index (χ0v) is 11.7. The summed E-state index contributed by atoms with van der Waals surface area (Å²) in [6, 6.07) is 7.35.